The topological polar surface area (TPSA) is 49.4 Å². The molecule has 1 heterocycles. The molecule has 1 aromatic carbocycles. The Morgan fingerprint density at radius 3 is 2.40 bits per heavy atom. The van der Waals surface area contributed by atoms with Crippen molar-refractivity contribution >= 4 is 17.5 Å². The highest BCUT2D eigenvalue weighted by atomic mass is 16.2. The van der Waals surface area contributed by atoms with E-state index in [1.807, 2.05) is 31.2 Å². The summed E-state index contributed by atoms with van der Waals surface area (Å²) in [7, 11) is 0. The number of rotatable bonds is 3. The fraction of sp³-hybridized carbons (Fsp3) is 0.500. The lowest BCUT2D eigenvalue weighted by atomic mass is 9.81. The molecular formula is C16H20N2O2. The maximum atomic E-state index is 12.3. The van der Waals surface area contributed by atoms with Gasteiger partial charge in [-0.1, -0.05) is 25.0 Å². The van der Waals surface area contributed by atoms with Gasteiger partial charge in [0.1, 0.15) is 0 Å². The Bertz CT molecular complexity index is 517. The van der Waals surface area contributed by atoms with E-state index in [4.69, 9.17) is 0 Å². The Kier molecular flexibility index (Phi) is 3.47. The van der Waals surface area contributed by atoms with Gasteiger partial charge in [0.25, 0.3) is 0 Å². The van der Waals surface area contributed by atoms with Gasteiger partial charge in [0.05, 0.1) is 18.5 Å². The van der Waals surface area contributed by atoms with Crippen LogP contribution >= 0.6 is 0 Å². The molecule has 4 heteroatoms. The molecule has 2 aliphatic rings. The largest absolute Gasteiger partial charge is 0.367 e. The van der Waals surface area contributed by atoms with Crippen molar-refractivity contribution in [1.29, 1.82) is 0 Å². The van der Waals surface area contributed by atoms with Gasteiger partial charge >= 0.3 is 0 Å². The van der Waals surface area contributed by atoms with Crippen LogP contribution in [0, 0.1) is 18.8 Å². The van der Waals surface area contributed by atoms with Gasteiger partial charge in [-0.2, -0.15) is 0 Å². The summed E-state index contributed by atoms with van der Waals surface area (Å²) < 4.78 is 0. The predicted octanol–water partition coefficient (Wildman–Crippen LogP) is 2.54. The number of imide groups is 1. The van der Waals surface area contributed by atoms with E-state index in [1.54, 1.807) is 0 Å². The average Bonchev–Trinajstić information content (AvgIpc) is 2.70. The van der Waals surface area contributed by atoms with Gasteiger partial charge in [0, 0.05) is 5.69 Å². The van der Waals surface area contributed by atoms with Crippen molar-refractivity contribution in [2.24, 2.45) is 11.8 Å². The van der Waals surface area contributed by atoms with Crippen LogP contribution in [0.4, 0.5) is 5.69 Å². The maximum Gasteiger partial charge on any atom is 0.234 e. The van der Waals surface area contributed by atoms with Gasteiger partial charge in [-0.05, 0) is 37.5 Å². The number of likely N-dealkylation sites (tertiary alicyclic amines) is 1. The quantitative estimate of drug-likeness (QED) is 0.860. The van der Waals surface area contributed by atoms with E-state index in [0.717, 1.165) is 36.9 Å². The summed E-state index contributed by atoms with van der Waals surface area (Å²) in [6, 6.07) is 7.94. The second-order valence-corrected chi connectivity index (χ2v) is 5.81. The average molecular weight is 272 g/mol. The van der Waals surface area contributed by atoms with Crippen LogP contribution in [0.3, 0.4) is 0 Å². The summed E-state index contributed by atoms with van der Waals surface area (Å²) in [6.45, 7) is 2.31. The third-order valence-electron chi connectivity index (χ3n) is 4.39. The van der Waals surface area contributed by atoms with E-state index in [1.165, 1.54) is 4.90 Å². The molecule has 0 unspecified atom stereocenters. The third-order valence-corrected chi connectivity index (χ3v) is 4.39. The smallest absolute Gasteiger partial charge is 0.234 e. The fourth-order valence-electron chi connectivity index (χ4n) is 3.31. The number of nitrogens with one attached hydrogen (secondary N) is 1. The molecule has 4 nitrogen and oxygen atoms in total. The highest BCUT2D eigenvalue weighted by Crippen LogP contribution is 2.37. The van der Waals surface area contributed by atoms with Crippen molar-refractivity contribution in [1.82, 2.24) is 4.90 Å². The van der Waals surface area contributed by atoms with Crippen LogP contribution in [0.15, 0.2) is 24.3 Å². The van der Waals surface area contributed by atoms with E-state index in [2.05, 4.69) is 5.32 Å². The zero-order valence-electron chi connectivity index (χ0n) is 11.8. The van der Waals surface area contributed by atoms with Crippen molar-refractivity contribution < 1.29 is 9.59 Å². The molecule has 1 saturated carbocycles. The maximum absolute atomic E-state index is 12.3. The molecule has 1 aliphatic heterocycles. The molecule has 0 spiro atoms. The zero-order valence-corrected chi connectivity index (χ0v) is 11.8. The van der Waals surface area contributed by atoms with Crippen molar-refractivity contribution in [2.45, 2.75) is 32.6 Å². The van der Waals surface area contributed by atoms with Crippen LogP contribution in [-0.2, 0) is 9.59 Å². The Morgan fingerprint density at radius 2 is 1.80 bits per heavy atom. The molecule has 0 bridgehead atoms. The van der Waals surface area contributed by atoms with Crippen molar-refractivity contribution in [2.75, 3.05) is 12.0 Å². The first kappa shape index (κ1) is 13.2. The van der Waals surface area contributed by atoms with Crippen LogP contribution in [0.5, 0.6) is 0 Å². The normalized spacial score (nSPS) is 25.8. The molecule has 2 amide bonds. The van der Waals surface area contributed by atoms with Gasteiger partial charge in [0.15, 0.2) is 0 Å². The third kappa shape index (κ3) is 2.30. The number of carbonyl (C=O) groups is 2. The molecular weight excluding hydrogens is 252 g/mol. The van der Waals surface area contributed by atoms with Crippen LogP contribution < -0.4 is 5.32 Å². The summed E-state index contributed by atoms with van der Waals surface area (Å²) in [5.41, 5.74) is 2.10. The number of anilines is 1. The summed E-state index contributed by atoms with van der Waals surface area (Å²) in [4.78, 5) is 26.0. The lowest BCUT2D eigenvalue weighted by Gasteiger charge is -2.19. The number of hydrogen-bond acceptors (Lipinski definition) is 3. The fourth-order valence-corrected chi connectivity index (χ4v) is 3.31. The number of amides is 2. The second kappa shape index (κ2) is 5.27. The number of aryl methyl sites for hydroxylation is 1. The highest BCUT2D eigenvalue weighted by molar-refractivity contribution is 6.05. The lowest BCUT2D eigenvalue weighted by molar-refractivity contribution is -0.139. The Hall–Kier alpha value is -1.84. The Morgan fingerprint density at radius 1 is 1.15 bits per heavy atom. The number of carbonyl (C=O) groups excluding carboxylic acids is 2. The number of nitrogens with zero attached hydrogens (tertiary/aromatic N) is 1. The minimum absolute atomic E-state index is 0.0138. The van der Waals surface area contributed by atoms with E-state index >= 15 is 0 Å². The summed E-state index contributed by atoms with van der Waals surface area (Å²) in [6.07, 6.45) is 3.88. The van der Waals surface area contributed by atoms with Gasteiger partial charge in [-0.3, -0.25) is 14.5 Å². The standard InChI is InChI=1S/C16H20N2O2/c1-11-5-4-6-12(9-11)17-10-18-15(19)13-7-2-3-8-14(13)16(18)20/h4-6,9,13-14,17H,2-3,7-8,10H2,1H3/t13-,14-/m0/s1. The van der Waals surface area contributed by atoms with Crippen LogP contribution in [0.1, 0.15) is 31.2 Å². The summed E-state index contributed by atoms with van der Waals surface area (Å²) >= 11 is 0. The van der Waals surface area contributed by atoms with E-state index < -0.39 is 0 Å². The van der Waals surface area contributed by atoms with Gasteiger partial charge in [0.2, 0.25) is 11.8 Å². The van der Waals surface area contributed by atoms with E-state index in [-0.39, 0.29) is 30.3 Å². The van der Waals surface area contributed by atoms with Gasteiger partial charge in [-0.15, -0.1) is 0 Å². The molecule has 1 aromatic rings. The molecule has 0 aromatic heterocycles. The Balaban J connectivity index is 1.68. The minimum atomic E-state index is -0.0597. The first-order valence-electron chi connectivity index (χ1n) is 7.32. The predicted molar refractivity (Wildman–Crippen MR) is 77.0 cm³/mol. The SMILES string of the molecule is Cc1cccc(NCN2C(=O)[C@H]3CCCC[C@@H]3C2=O)c1. The van der Waals surface area contributed by atoms with Crippen LogP contribution in [0.25, 0.3) is 0 Å². The summed E-state index contributed by atoms with van der Waals surface area (Å²) in [5, 5.41) is 3.18. The highest BCUT2D eigenvalue weighted by Gasteiger charge is 2.47. The number of fused-ring (bicyclic) bond motifs is 1. The van der Waals surface area contributed by atoms with Crippen molar-refractivity contribution in [3.05, 3.63) is 29.8 Å². The van der Waals surface area contributed by atoms with E-state index in [0.29, 0.717) is 0 Å². The second-order valence-electron chi connectivity index (χ2n) is 5.81. The number of hydrogen-bond donors (Lipinski definition) is 1. The number of benzene rings is 1. The molecule has 2 atom stereocenters. The molecule has 0 radical (unpaired) electrons. The lowest BCUT2D eigenvalue weighted by Crippen LogP contribution is -2.35. The molecule has 20 heavy (non-hydrogen) atoms. The van der Waals surface area contributed by atoms with Gasteiger partial charge < -0.3 is 5.32 Å². The first-order valence-corrected chi connectivity index (χ1v) is 7.32. The first-order chi connectivity index (χ1) is 9.66. The zero-order chi connectivity index (χ0) is 14.1. The van der Waals surface area contributed by atoms with Crippen molar-refractivity contribution in [3.63, 3.8) is 0 Å². The van der Waals surface area contributed by atoms with Crippen molar-refractivity contribution in [3.8, 4) is 0 Å². The molecule has 1 N–H and O–H groups in total. The molecule has 1 aliphatic carbocycles. The minimum Gasteiger partial charge on any atom is -0.367 e. The van der Waals surface area contributed by atoms with Gasteiger partial charge in [-0.25, -0.2) is 0 Å². The molecule has 106 valence electrons. The summed E-state index contributed by atoms with van der Waals surface area (Å²) in [5.74, 6) is -0.0918. The monoisotopic (exact) mass is 272 g/mol. The van der Waals surface area contributed by atoms with Crippen LogP contribution in [-0.4, -0.2) is 23.4 Å². The molecule has 1 saturated heterocycles. The Labute approximate surface area is 119 Å². The molecule has 2 fully saturated rings. The van der Waals surface area contributed by atoms with E-state index in [9.17, 15) is 9.59 Å². The van der Waals surface area contributed by atoms with Crippen LogP contribution in [0.2, 0.25) is 0 Å². The molecule has 3 rings (SSSR count).